The summed E-state index contributed by atoms with van der Waals surface area (Å²) in [5, 5.41) is 21.5. The number of rotatable bonds is 4. The number of para-hydroxylation sites is 1. The Balaban J connectivity index is 1.78. The Hall–Kier alpha value is -1.06. The number of aliphatic hydroxyl groups is 2. The van der Waals surface area contributed by atoms with Crippen LogP contribution in [-0.4, -0.2) is 28.5 Å². The van der Waals surface area contributed by atoms with Crippen molar-refractivity contribution in [1.82, 2.24) is 0 Å². The van der Waals surface area contributed by atoms with Crippen LogP contribution in [0.25, 0.3) is 0 Å². The Bertz CT molecular complexity index is 551. The van der Waals surface area contributed by atoms with Crippen LogP contribution in [0, 0.1) is 17.3 Å². The molecule has 0 saturated heterocycles. The van der Waals surface area contributed by atoms with Gasteiger partial charge in [-0.3, -0.25) is 0 Å². The Morgan fingerprint density at radius 3 is 2.55 bits per heavy atom. The quantitative estimate of drug-likeness (QED) is 0.897. The van der Waals surface area contributed by atoms with E-state index in [0.29, 0.717) is 18.3 Å². The van der Waals surface area contributed by atoms with Gasteiger partial charge in [-0.25, -0.2) is 0 Å². The van der Waals surface area contributed by atoms with E-state index in [2.05, 4.69) is 33.8 Å². The number of hydrogen-bond acceptors (Lipinski definition) is 3. The number of hydrogen-bond donors (Lipinski definition) is 2. The van der Waals surface area contributed by atoms with Crippen molar-refractivity contribution in [3.8, 4) is 5.75 Å². The van der Waals surface area contributed by atoms with E-state index in [0.717, 1.165) is 17.7 Å². The summed E-state index contributed by atoms with van der Waals surface area (Å²) in [5.41, 5.74) is 0.0965. The average Bonchev–Trinajstić information content (AvgIpc) is 2.47. The fourth-order valence-corrected chi connectivity index (χ4v) is 4.45. The van der Waals surface area contributed by atoms with E-state index in [-0.39, 0.29) is 17.9 Å². The Labute approximate surface area is 133 Å². The summed E-state index contributed by atoms with van der Waals surface area (Å²) in [5.74, 6) is 1.82. The minimum atomic E-state index is -1.14. The van der Waals surface area contributed by atoms with E-state index in [1.165, 1.54) is 0 Å². The molecule has 3 nitrogen and oxygen atoms in total. The lowest BCUT2D eigenvalue weighted by Crippen LogP contribution is -2.69. The molecule has 1 aromatic rings. The first-order valence-corrected chi connectivity index (χ1v) is 8.39. The van der Waals surface area contributed by atoms with Crippen LogP contribution in [0.5, 0.6) is 5.75 Å². The van der Waals surface area contributed by atoms with Crippen LogP contribution in [0.15, 0.2) is 24.3 Å². The molecule has 2 bridgehead atoms. The number of fused-ring (bicyclic) bond motifs is 2. The summed E-state index contributed by atoms with van der Waals surface area (Å²) in [6.07, 6.45) is 0.987. The van der Waals surface area contributed by atoms with Gasteiger partial charge in [0, 0.05) is 0 Å². The van der Waals surface area contributed by atoms with Gasteiger partial charge in [-0.2, -0.15) is 0 Å². The number of benzene rings is 1. The molecule has 3 saturated carbocycles. The van der Waals surface area contributed by atoms with Crippen LogP contribution in [0.2, 0.25) is 0 Å². The molecule has 22 heavy (non-hydrogen) atoms. The molecule has 3 fully saturated rings. The van der Waals surface area contributed by atoms with E-state index < -0.39 is 11.7 Å². The highest BCUT2D eigenvalue weighted by Crippen LogP contribution is 2.62. The second-order valence-corrected chi connectivity index (χ2v) is 8.03. The molecule has 2 N–H and O–H groups in total. The molecule has 0 aromatic heterocycles. The van der Waals surface area contributed by atoms with Crippen molar-refractivity contribution in [3.05, 3.63) is 29.8 Å². The van der Waals surface area contributed by atoms with Crippen molar-refractivity contribution in [2.75, 3.05) is 6.61 Å². The molecular weight excluding hydrogens is 276 g/mol. The van der Waals surface area contributed by atoms with E-state index in [1.807, 2.05) is 18.2 Å². The summed E-state index contributed by atoms with van der Waals surface area (Å²) in [7, 11) is 0. The minimum Gasteiger partial charge on any atom is -0.490 e. The van der Waals surface area contributed by atoms with Crippen molar-refractivity contribution < 1.29 is 14.9 Å². The topological polar surface area (TPSA) is 49.7 Å². The molecule has 0 unspecified atom stereocenters. The second-order valence-electron chi connectivity index (χ2n) is 8.03. The SMILES string of the molecule is CC(C)c1ccccc1OC[C@@]1(O)[C@@H]2C[C@H](C[C@@H]1O)C2(C)C. The Morgan fingerprint density at radius 1 is 1.23 bits per heavy atom. The first-order valence-electron chi connectivity index (χ1n) is 8.39. The van der Waals surface area contributed by atoms with Gasteiger partial charge in [0.25, 0.3) is 0 Å². The largest absolute Gasteiger partial charge is 0.490 e. The first kappa shape index (κ1) is 15.8. The fraction of sp³-hybridized carbons (Fsp3) is 0.684. The van der Waals surface area contributed by atoms with Crippen molar-refractivity contribution in [2.24, 2.45) is 17.3 Å². The molecule has 0 heterocycles. The smallest absolute Gasteiger partial charge is 0.128 e. The lowest BCUT2D eigenvalue weighted by atomic mass is 9.43. The Kier molecular flexibility index (Phi) is 3.77. The maximum Gasteiger partial charge on any atom is 0.128 e. The van der Waals surface area contributed by atoms with Gasteiger partial charge in [0.15, 0.2) is 0 Å². The van der Waals surface area contributed by atoms with Gasteiger partial charge >= 0.3 is 0 Å². The molecule has 4 atom stereocenters. The second kappa shape index (κ2) is 5.24. The van der Waals surface area contributed by atoms with Crippen LogP contribution in [0.1, 0.15) is 52.0 Å². The third-order valence-electron chi connectivity index (χ3n) is 6.16. The summed E-state index contributed by atoms with van der Waals surface area (Å²) < 4.78 is 5.99. The van der Waals surface area contributed by atoms with Gasteiger partial charge in [0.05, 0.1) is 6.10 Å². The van der Waals surface area contributed by atoms with Crippen LogP contribution in [0.4, 0.5) is 0 Å². The molecule has 3 aliphatic rings. The first-order chi connectivity index (χ1) is 10.3. The third kappa shape index (κ3) is 2.26. The van der Waals surface area contributed by atoms with Crippen molar-refractivity contribution in [2.45, 2.75) is 58.2 Å². The molecule has 1 aromatic carbocycles. The maximum absolute atomic E-state index is 11.1. The third-order valence-corrected chi connectivity index (χ3v) is 6.16. The monoisotopic (exact) mass is 304 g/mol. The standard InChI is InChI=1S/C19H28O3/c1-12(2)14-7-5-6-8-15(14)22-11-19(21)16-9-13(10-17(19)20)18(16,3)4/h5-8,12-13,16-17,20-21H,9-11H2,1-4H3/t13-,16-,17+,19-/m1/s1. The average molecular weight is 304 g/mol. The normalized spacial score (nSPS) is 36.0. The summed E-state index contributed by atoms with van der Waals surface area (Å²) in [6, 6.07) is 7.96. The lowest BCUT2D eigenvalue weighted by Gasteiger charge is -2.64. The summed E-state index contributed by atoms with van der Waals surface area (Å²) in [6.45, 7) is 8.83. The van der Waals surface area contributed by atoms with E-state index in [4.69, 9.17) is 4.74 Å². The van der Waals surface area contributed by atoms with Gasteiger partial charge in [0.2, 0.25) is 0 Å². The van der Waals surface area contributed by atoms with Crippen LogP contribution in [0.3, 0.4) is 0 Å². The van der Waals surface area contributed by atoms with Gasteiger partial charge in [-0.1, -0.05) is 45.9 Å². The van der Waals surface area contributed by atoms with Gasteiger partial charge in [-0.15, -0.1) is 0 Å². The lowest BCUT2D eigenvalue weighted by molar-refractivity contribution is -0.262. The predicted octanol–water partition coefficient (Wildman–Crippen LogP) is 3.35. The number of ether oxygens (including phenoxy) is 1. The molecule has 3 aliphatic carbocycles. The van der Waals surface area contributed by atoms with E-state index in [1.54, 1.807) is 0 Å². The fourth-order valence-electron chi connectivity index (χ4n) is 4.45. The summed E-state index contributed by atoms with van der Waals surface area (Å²) in [4.78, 5) is 0. The van der Waals surface area contributed by atoms with Gasteiger partial charge in [0.1, 0.15) is 18.0 Å². The van der Waals surface area contributed by atoms with Crippen molar-refractivity contribution in [3.63, 3.8) is 0 Å². The molecule has 3 heteroatoms. The van der Waals surface area contributed by atoms with Crippen LogP contribution >= 0.6 is 0 Å². The van der Waals surface area contributed by atoms with Crippen molar-refractivity contribution in [1.29, 1.82) is 0 Å². The predicted molar refractivity (Wildman–Crippen MR) is 87.0 cm³/mol. The highest BCUT2D eigenvalue weighted by atomic mass is 16.5. The zero-order valence-corrected chi connectivity index (χ0v) is 14.0. The van der Waals surface area contributed by atoms with Gasteiger partial charge < -0.3 is 14.9 Å². The highest BCUT2D eigenvalue weighted by molar-refractivity contribution is 5.35. The molecule has 0 aliphatic heterocycles. The van der Waals surface area contributed by atoms with E-state index in [9.17, 15) is 10.2 Å². The highest BCUT2D eigenvalue weighted by Gasteiger charge is 2.64. The zero-order valence-electron chi connectivity index (χ0n) is 14.0. The zero-order chi connectivity index (χ0) is 16.1. The molecule has 0 radical (unpaired) electrons. The van der Waals surface area contributed by atoms with E-state index >= 15 is 0 Å². The molecule has 122 valence electrons. The van der Waals surface area contributed by atoms with Crippen LogP contribution in [-0.2, 0) is 0 Å². The minimum absolute atomic E-state index is 0.0922. The van der Waals surface area contributed by atoms with Gasteiger partial charge in [-0.05, 0) is 47.6 Å². The molecule has 0 amide bonds. The molecule has 4 rings (SSSR count). The van der Waals surface area contributed by atoms with Crippen LogP contribution < -0.4 is 4.74 Å². The molecular formula is C19H28O3. The maximum atomic E-state index is 11.1. The summed E-state index contributed by atoms with van der Waals surface area (Å²) >= 11 is 0. The van der Waals surface area contributed by atoms with Crippen molar-refractivity contribution >= 4 is 0 Å². The number of aliphatic hydroxyl groups excluding tert-OH is 1. The molecule has 0 spiro atoms. The Morgan fingerprint density at radius 2 is 1.91 bits per heavy atom.